The molecule has 2 aliphatic rings. The molecule has 0 aliphatic carbocycles. The van der Waals surface area contributed by atoms with Crippen LogP contribution in [0.1, 0.15) is 38.6 Å². The van der Waals surface area contributed by atoms with E-state index in [1.165, 1.54) is 0 Å². The third-order valence-electron chi connectivity index (χ3n) is 6.10. The van der Waals surface area contributed by atoms with E-state index in [9.17, 15) is 4.79 Å². The highest BCUT2D eigenvalue weighted by atomic mass is 16.5. The van der Waals surface area contributed by atoms with E-state index in [-0.39, 0.29) is 18.1 Å². The van der Waals surface area contributed by atoms with Crippen LogP contribution in [0, 0.1) is 0 Å². The minimum Gasteiger partial charge on any atom is -0.466 e. The molecular formula is C21H27N7O4. The Morgan fingerprint density at radius 1 is 1.25 bits per heavy atom. The van der Waals surface area contributed by atoms with Crippen LogP contribution in [0.3, 0.4) is 0 Å². The van der Waals surface area contributed by atoms with E-state index in [1.807, 2.05) is 11.6 Å². The first-order chi connectivity index (χ1) is 15.6. The predicted octanol–water partition coefficient (Wildman–Crippen LogP) is 2.01. The second-order valence-electron chi connectivity index (χ2n) is 8.08. The summed E-state index contributed by atoms with van der Waals surface area (Å²) in [6.07, 6.45) is 4.54. The lowest BCUT2D eigenvalue weighted by atomic mass is 10.1. The Morgan fingerprint density at radius 3 is 2.88 bits per heavy atom. The predicted molar refractivity (Wildman–Crippen MR) is 115 cm³/mol. The molecule has 2 saturated heterocycles. The Kier molecular flexibility index (Phi) is 5.75. The van der Waals surface area contributed by atoms with E-state index < -0.39 is 0 Å². The average Bonchev–Trinajstić information content (AvgIpc) is 3.47. The number of esters is 1. The van der Waals surface area contributed by atoms with Crippen molar-refractivity contribution in [1.82, 2.24) is 29.8 Å². The molecule has 3 aromatic rings. The highest BCUT2D eigenvalue weighted by molar-refractivity contribution is 5.96. The smallest absolute Gasteiger partial charge is 0.307 e. The maximum absolute atomic E-state index is 11.8. The minimum atomic E-state index is -0.204. The normalized spacial score (nSPS) is 20.9. The van der Waals surface area contributed by atoms with Crippen molar-refractivity contribution in [3.05, 3.63) is 18.2 Å². The number of nitrogens with one attached hydrogen (secondary N) is 1. The summed E-state index contributed by atoms with van der Waals surface area (Å²) in [5.74, 6) is 0.808. The monoisotopic (exact) mass is 441 g/mol. The van der Waals surface area contributed by atoms with Gasteiger partial charge in [0, 0.05) is 38.3 Å². The molecule has 11 nitrogen and oxygen atoms in total. The molecule has 11 heteroatoms. The van der Waals surface area contributed by atoms with Crippen LogP contribution in [-0.4, -0.2) is 74.7 Å². The minimum absolute atomic E-state index is 0.0143. The molecule has 2 atom stereocenters. The average molecular weight is 441 g/mol. The summed E-state index contributed by atoms with van der Waals surface area (Å²) in [5.41, 5.74) is 2.25. The van der Waals surface area contributed by atoms with Crippen LogP contribution in [0.15, 0.2) is 16.9 Å². The fraction of sp³-hybridized carbons (Fsp3) is 0.571. The number of hydrogen-bond acceptors (Lipinski definition) is 10. The topological polar surface area (TPSA) is 120 Å². The van der Waals surface area contributed by atoms with Crippen molar-refractivity contribution in [2.45, 2.75) is 45.3 Å². The number of aromatic nitrogens is 5. The molecule has 3 aromatic heterocycles. The summed E-state index contributed by atoms with van der Waals surface area (Å²) in [6.45, 7) is 8.26. The van der Waals surface area contributed by atoms with Crippen LogP contribution in [0.5, 0.6) is 0 Å². The van der Waals surface area contributed by atoms with E-state index in [1.54, 1.807) is 12.4 Å². The maximum atomic E-state index is 11.8. The molecule has 2 aliphatic heterocycles. The van der Waals surface area contributed by atoms with E-state index in [0.717, 1.165) is 36.2 Å². The van der Waals surface area contributed by atoms with E-state index in [4.69, 9.17) is 19.0 Å². The van der Waals surface area contributed by atoms with Gasteiger partial charge in [0.05, 0.1) is 55.1 Å². The molecule has 0 bridgehead atoms. The van der Waals surface area contributed by atoms with Gasteiger partial charge >= 0.3 is 5.97 Å². The highest BCUT2D eigenvalue weighted by Gasteiger charge is 2.27. The van der Waals surface area contributed by atoms with Crippen LogP contribution >= 0.6 is 0 Å². The van der Waals surface area contributed by atoms with Gasteiger partial charge in [-0.15, -0.1) is 0 Å². The van der Waals surface area contributed by atoms with Gasteiger partial charge in [0.2, 0.25) is 0 Å². The van der Waals surface area contributed by atoms with Gasteiger partial charge in [-0.2, -0.15) is 10.1 Å². The van der Waals surface area contributed by atoms with E-state index in [2.05, 4.69) is 32.4 Å². The molecule has 0 amide bonds. The lowest BCUT2D eigenvalue weighted by Gasteiger charge is -2.30. The fourth-order valence-corrected chi connectivity index (χ4v) is 4.22. The number of ether oxygens (including phenoxy) is 2. The second kappa shape index (κ2) is 8.83. The van der Waals surface area contributed by atoms with Crippen molar-refractivity contribution in [3.63, 3.8) is 0 Å². The summed E-state index contributed by atoms with van der Waals surface area (Å²) >= 11 is 0. The number of carbonyl (C=O) groups excluding carboxylic acids is 1. The quantitative estimate of drug-likeness (QED) is 0.569. The Morgan fingerprint density at radius 2 is 2.09 bits per heavy atom. The molecule has 0 aromatic carbocycles. The third kappa shape index (κ3) is 3.93. The van der Waals surface area contributed by atoms with Crippen molar-refractivity contribution in [3.8, 4) is 11.5 Å². The van der Waals surface area contributed by atoms with E-state index >= 15 is 0 Å². The van der Waals surface area contributed by atoms with Crippen LogP contribution < -0.4 is 5.32 Å². The summed E-state index contributed by atoms with van der Waals surface area (Å²) < 4.78 is 18.0. The summed E-state index contributed by atoms with van der Waals surface area (Å²) in [5, 5.41) is 13.1. The third-order valence-corrected chi connectivity index (χ3v) is 6.10. The molecule has 5 heterocycles. The number of aryl methyl sites for hydroxylation is 1. The second-order valence-corrected chi connectivity index (χ2v) is 8.08. The van der Waals surface area contributed by atoms with Crippen LogP contribution in [0.4, 0.5) is 5.69 Å². The van der Waals surface area contributed by atoms with Gasteiger partial charge in [-0.1, -0.05) is 5.16 Å². The number of morpholine rings is 1. The molecule has 0 saturated carbocycles. The van der Waals surface area contributed by atoms with Crippen molar-refractivity contribution >= 4 is 22.7 Å². The van der Waals surface area contributed by atoms with E-state index in [0.29, 0.717) is 50.1 Å². The first-order valence-corrected chi connectivity index (χ1v) is 11.1. The summed E-state index contributed by atoms with van der Waals surface area (Å²) in [4.78, 5) is 23.4. The van der Waals surface area contributed by atoms with Gasteiger partial charge in [-0.25, -0.2) is 9.67 Å². The van der Waals surface area contributed by atoms with Crippen molar-refractivity contribution in [2.24, 2.45) is 0 Å². The standard InChI is InChI=1S/C21H27N7O4/c1-3-28-20-15(12-23-28)18(24-14-4-7-31-17(29)10-14)16(11-22-20)21-25-19(26-32-21)13(2)27-5-8-30-9-6-27/h11-14H,3-10H2,1-2H3,(H,22,24). The number of nitrogens with zero attached hydrogens (tertiary/aromatic N) is 6. The molecule has 0 radical (unpaired) electrons. The van der Waals surface area contributed by atoms with Gasteiger partial charge in [0.25, 0.3) is 5.89 Å². The van der Waals surface area contributed by atoms with Crippen LogP contribution in [-0.2, 0) is 20.8 Å². The van der Waals surface area contributed by atoms with Crippen molar-refractivity contribution < 1.29 is 18.8 Å². The number of rotatable bonds is 6. The highest BCUT2D eigenvalue weighted by Crippen LogP contribution is 2.35. The Balaban J connectivity index is 1.50. The molecular weight excluding hydrogens is 414 g/mol. The SMILES string of the molecule is CCn1ncc2c(NC3CCOC(=O)C3)c(-c3nc(C(C)N4CCOCC4)no3)cnc21. The zero-order valence-electron chi connectivity index (χ0n) is 18.3. The molecule has 0 spiro atoms. The van der Waals surface area contributed by atoms with Crippen molar-refractivity contribution in [2.75, 3.05) is 38.2 Å². The maximum Gasteiger partial charge on any atom is 0.307 e. The molecule has 1 N–H and O–H groups in total. The largest absolute Gasteiger partial charge is 0.466 e. The van der Waals surface area contributed by atoms with Crippen LogP contribution in [0.25, 0.3) is 22.5 Å². The number of fused-ring (bicyclic) bond motifs is 1. The Bertz CT molecular complexity index is 1100. The Labute approximate surface area is 185 Å². The van der Waals surface area contributed by atoms with Crippen molar-refractivity contribution in [1.29, 1.82) is 0 Å². The fourth-order valence-electron chi connectivity index (χ4n) is 4.22. The lowest BCUT2D eigenvalue weighted by molar-refractivity contribution is -0.147. The van der Waals surface area contributed by atoms with Gasteiger partial charge < -0.3 is 19.3 Å². The number of pyridine rings is 1. The Hall–Kier alpha value is -3.05. The van der Waals surface area contributed by atoms with Gasteiger partial charge in [-0.3, -0.25) is 9.69 Å². The molecule has 5 rings (SSSR count). The van der Waals surface area contributed by atoms with Gasteiger partial charge in [0.1, 0.15) is 0 Å². The molecule has 32 heavy (non-hydrogen) atoms. The zero-order valence-corrected chi connectivity index (χ0v) is 18.3. The number of cyclic esters (lactones) is 1. The number of hydrogen-bond donors (Lipinski definition) is 1. The summed E-state index contributed by atoms with van der Waals surface area (Å²) in [7, 11) is 0. The van der Waals surface area contributed by atoms with Gasteiger partial charge in [0.15, 0.2) is 11.5 Å². The first-order valence-electron chi connectivity index (χ1n) is 11.1. The summed E-state index contributed by atoms with van der Waals surface area (Å²) in [6, 6.07) is -0.0410. The zero-order chi connectivity index (χ0) is 22.1. The van der Waals surface area contributed by atoms with Gasteiger partial charge in [-0.05, 0) is 13.8 Å². The number of carbonyl (C=O) groups is 1. The molecule has 2 unspecified atom stereocenters. The van der Waals surface area contributed by atoms with Crippen LogP contribution in [0.2, 0.25) is 0 Å². The molecule has 2 fully saturated rings. The first kappa shape index (κ1) is 20.8. The molecule has 170 valence electrons. The number of anilines is 1. The lowest BCUT2D eigenvalue weighted by Crippen LogP contribution is -2.38.